The maximum absolute atomic E-state index is 11.1. The van der Waals surface area contributed by atoms with Crippen molar-refractivity contribution in [2.24, 2.45) is 0 Å². The molecule has 2 aromatic rings. The molecule has 1 heterocycles. The highest BCUT2D eigenvalue weighted by molar-refractivity contribution is 5.83. The van der Waals surface area contributed by atoms with Crippen LogP contribution in [0.4, 0.5) is 27.7 Å². The predicted molar refractivity (Wildman–Crippen MR) is 93.6 cm³/mol. The minimum atomic E-state index is -0.537. The summed E-state index contributed by atoms with van der Waals surface area (Å²) in [4.78, 5) is 17.5. The van der Waals surface area contributed by atoms with Crippen LogP contribution in [0.2, 0.25) is 0 Å². The number of nitrogens with zero attached hydrogens (tertiary/aromatic N) is 2. The minimum Gasteiger partial charge on any atom is -0.453 e. The molecule has 0 saturated heterocycles. The number of ether oxygens (including phenoxy) is 1. The molecule has 6 nitrogen and oxygen atoms in total. The largest absolute Gasteiger partial charge is 0.453 e. The van der Waals surface area contributed by atoms with Crippen LogP contribution in [-0.4, -0.2) is 31.3 Å². The Morgan fingerprint density at radius 2 is 1.74 bits per heavy atom. The van der Waals surface area contributed by atoms with Crippen LogP contribution >= 0.6 is 0 Å². The van der Waals surface area contributed by atoms with Gasteiger partial charge in [-0.3, -0.25) is 5.32 Å². The number of carbonyl (C=O) groups excluding carboxylic acids is 1. The summed E-state index contributed by atoms with van der Waals surface area (Å²) in [5.74, 6) is 0.444. The molecule has 0 aliphatic heterocycles. The van der Waals surface area contributed by atoms with Crippen LogP contribution in [-0.2, 0) is 4.74 Å². The highest BCUT2D eigenvalue weighted by Crippen LogP contribution is 2.21. The van der Waals surface area contributed by atoms with Gasteiger partial charge >= 0.3 is 6.09 Å². The smallest absolute Gasteiger partial charge is 0.412 e. The molecule has 0 spiro atoms. The lowest BCUT2D eigenvalue weighted by molar-refractivity contribution is 0.187. The molecule has 2 rings (SSSR count). The standard InChI is InChI=1S/C17H22N4O2/c1-4-21(5-2)15-9-6-13(7-10-15)19-14-8-11-16(18-12-14)20-17(22)23-3/h6-12,19H,4-5H2,1-3H3,(H,18,20,22). The summed E-state index contributed by atoms with van der Waals surface area (Å²) >= 11 is 0. The lowest BCUT2D eigenvalue weighted by atomic mass is 10.2. The third-order valence-electron chi connectivity index (χ3n) is 3.46. The van der Waals surface area contributed by atoms with E-state index in [-0.39, 0.29) is 0 Å². The number of amides is 1. The molecule has 0 aliphatic rings. The van der Waals surface area contributed by atoms with Crippen LogP contribution in [0.3, 0.4) is 0 Å². The Morgan fingerprint density at radius 3 is 2.26 bits per heavy atom. The van der Waals surface area contributed by atoms with Gasteiger partial charge in [-0.1, -0.05) is 0 Å². The Bertz CT molecular complexity index is 622. The first-order chi connectivity index (χ1) is 11.2. The first-order valence-electron chi connectivity index (χ1n) is 7.59. The molecule has 0 fully saturated rings. The molecule has 1 amide bonds. The highest BCUT2D eigenvalue weighted by atomic mass is 16.5. The van der Waals surface area contributed by atoms with Gasteiger partial charge in [-0.05, 0) is 50.2 Å². The number of aromatic nitrogens is 1. The average Bonchev–Trinajstić information content (AvgIpc) is 2.59. The quantitative estimate of drug-likeness (QED) is 0.848. The summed E-state index contributed by atoms with van der Waals surface area (Å²) in [6.45, 7) is 6.26. The fraction of sp³-hybridized carbons (Fsp3) is 0.294. The van der Waals surface area contributed by atoms with E-state index in [0.29, 0.717) is 5.82 Å². The second-order valence-electron chi connectivity index (χ2n) is 4.89. The second kappa shape index (κ2) is 8.03. The summed E-state index contributed by atoms with van der Waals surface area (Å²) < 4.78 is 4.52. The highest BCUT2D eigenvalue weighted by Gasteiger charge is 2.03. The Hall–Kier alpha value is -2.76. The van der Waals surface area contributed by atoms with Crippen molar-refractivity contribution in [3.8, 4) is 0 Å². The van der Waals surface area contributed by atoms with Gasteiger partial charge in [0.1, 0.15) is 5.82 Å². The van der Waals surface area contributed by atoms with Gasteiger partial charge in [0.05, 0.1) is 19.0 Å². The fourth-order valence-electron chi connectivity index (χ4n) is 2.21. The van der Waals surface area contributed by atoms with E-state index in [2.05, 4.69) is 51.2 Å². The van der Waals surface area contributed by atoms with E-state index in [4.69, 9.17) is 0 Å². The molecule has 1 aromatic heterocycles. The number of rotatable bonds is 6. The van der Waals surface area contributed by atoms with Crippen molar-refractivity contribution in [3.05, 3.63) is 42.6 Å². The lowest BCUT2D eigenvalue weighted by Crippen LogP contribution is -2.21. The fourth-order valence-corrected chi connectivity index (χ4v) is 2.21. The van der Waals surface area contributed by atoms with E-state index in [9.17, 15) is 4.79 Å². The number of pyridine rings is 1. The first kappa shape index (κ1) is 16.6. The minimum absolute atomic E-state index is 0.444. The zero-order valence-electron chi connectivity index (χ0n) is 13.7. The third kappa shape index (κ3) is 4.60. The normalized spacial score (nSPS) is 10.0. The van der Waals surface area contributed by atoms with E-state index in [1.165, 1.54) is 12.8 Å². The zero-order chi connectivity index (χ0) is 16.7. The number of benzene rings is 1. The monoisotopic (exact) mass is 314 g/mol. The van der Waals surface area contributed by atoms with Gasteiger partial charge in [-0.15, -0.1) is 0 Å². The molecular weight excluding hydrogens is 292 g/mol. The molecule has 122 valence electrons. The number of carbonyl (C=O) groups is 1. The maximum Gasteiger partial charge on any atom is 0.412 e. The molecule has 1 aromatic carbocycles. The van der Waals surface area contributed by atoms with Crippen LogP contribution in [0, 0.1) is 0 Å². The van der Waals surface area contributed by atoms with E-state index >= 15 is 0 Å². The van der Waals surface area contributed by atoms with E-state index in [1.807, 2.05) is 18.2 Å². The van der Waals surface area contributed by atoms with Crippen molar-refractivity contribution in [2.45, 2.75) is 13.8 Å². The Morgan fingerprint density at radius 1 is 1.09 bits per heavy atom. The van der Waals surface area contributed by atoms with Gasteiger partial charge in [-0.2, -0.15) is 0 Å². The van der Waals surface area contributed by atoms with Crippen LogP contribution in [0.5, 0.6) is 0 Å². The Kier molecular flexibility index (Phi) is 5.80. The van der Waals surface area contributed by atoms with Crippen LogP contribution < -0.4 is 15.5 Å². The molecule has 6 heteroatoms. The van der Waals surface area contributed by atoms with Gasteiger partial charge in [0.2, 0.25) is 0 Å². The lowest BCUT2D eigenvalue weighted by Gasteiger charge is -2.21. The zero-order valence-corrected chi connectivity index (χ0v) is 13.7. The number of nitrogens with one attached hydrogen (secondary N) is 2. The van der Waals surface area contributed by atoms with E-state index in [0.717, 1.165) is 24.5 Å². The van der Waals surface area contributed by atoms with Crippen molar-refractivity contribution in [3.63, 3.8) is 0 Å². The molecule has 2 N–H and O–H groups in total. The van der Waals surface area contributed by atoms with E-state index in [1.54, 1.807) is 12.3 Å². The first-order valence-corrected chi connectivity index (χ1v) is 7.59. The van der Waals surface area contributed by atoms with Gasteiger partial charge in [-0.25, -0.2) is 9.78 Å². The SMILES string of the molecule is CCN(CC)c1ccc(Nc2ccc(NC(=O)OC)nc2)cc1. The summed E-state index contributed by atoms with van der Waals surface area (Å²) in [6.07, 6.45) is 1.12. The second-order valence-corrected chi connectivity index (χ2v) is 4.89. The summed E-state index contributed by atoms with van der Waals surface area (Å²) in [5, 5.41) is 5.79. The van der Waals surface area contributed by atoms with Crippen molar-refractivity contribution >= 4 is 29.0 Å². The van der Waals surface area contributed by atoms with Gasteiger partial charge < -0.3 is 15.0 Å². The summed E-state index contributed by atoms with van der Waals surface area (Å²) in [6, 6.07) is 11.8. The third-order valence-corrected chi connectivity index (χ3v) is 3.46. The van der Waals surface area contributed by atoms with Crippen molar-refractivity contribution in [2.75, 3.05) is 35.7 Å². The van der Waals surface area contributed by atoms with Crippen molar-refractivity contribution in [1.29, 1.82) is 0 Å². The van der Waals surface area contributed by atoms with Gasteiger partial charge in [0.15, 0.2) is 0 Å². The molecule has 0 bridgehead atoms. The van der Waals surface area contributed by atoms with Gasteiger partial charge in [0.25, 0.3) is 0 Å². The van der Waals surface area contributed by atoms with Gasteiger partial charge in [0, 0.05) is 24.5 Å². The van der Waals surface area contributed by atoms with Crippen LogP contribution in [0.1, 0.15) is 13.8 Å². The van der Waals surface area contributed by atoms with Crippen LogP contribution in [0.15, 0.2) is 42.6 Å². The molecule has 0 aliphatic carbocycles. The van der Waals surface area contributed by atoms with E-state index < -0.39 is 6.09 Å². The summed E-state index contributed by atoms with van der Waals surface area (Å²) in [7, 11) is 1.31. The number of hydrogen-bond donors (Lipinski definition) is 2. The predicted octanol–water partition coefficient (Wildman–Crippen LogP) is 3.85. The molecule has 0 saturated carbocycles. The molecular formula is C17H22N4O2. The van der Waals surface area contributed by atoms with Crippen molar-refractivity contribution in [1.82, 2.24) is 4.98 Å². The van der Waals surface area contributed by atoms with Crippen LogP contribution in [0.25, 0.3) is 0 Å². The molecule has 0 unspecified atom stereocenters. The van der Waals surface area contributed by atoms with Crippen molar-refractivity contribution < 1.29 is 9.53 Å². The number of hydrogen-bond acceptors (Lipinski definition) is 5. The topological polar surface area (TPSA) is 66.5 Å². The summed E-state index contributed by atoms with van der Waals surface area (Å²) in [5.41, 5.74) is 3.03. The Labute approximate surface area is 136 Å². The molecule has 0 radical (unpaired) electrons. The maximum atomic E-state index is 11.1. The number of methoxy groups -OCH3 is 1. The number of anilines is 4. The Balaban J connectivity index is 2.00. The average molecular weight is 314 g/mol. The molecule has 0 atom stereocenters. The molecule has 23 heavy (non-hydrogen) atoms.